The Bertz CT molecular complexity index is 277. The van der Waals surface area contributed by atoms with Crippen molar-refractivity contribution < 1.29 is 9.59 Å². The minimum absolute atomic E-state index is 0.0799. The summed E-state index contributed by atoms with van der Waals surface area (Å²) in [6.45, 7) is 4.31. The standard InChI is InChI=1S/C12H23N3O2/c1-8(7-13)3-6-11(16)14-9(2)12(17)15-10-4-5-10/h8-10H,3-7,13H2,1-2H3,(H,14,16)(H,15,17). The van der Waals surface area contributed by atoms with E-state index in [0.29, 0.717) is 24.9 Å². The third kappa shape index (κ3) is 5.68. The van der Waals surface area contributed by atoms with Crippen molar-refractivity contribution in [3.05, 3.63) is 0 Å². The summed E-state index contributed by atoms with van der Waals surface area (Å²) < 4.78 is 0. The number of amides is 2. The number of hydrogen-bond acceptors (Lipinski definition) is 3. The predicted octanol–water partition coefficient (Wildman–Crippen LogP) is 0.145. The van der Waals surface area contributed by atoms with E-state index in [2.05, 4.69) is 10.6 Å². The highest BCUT2D eigenvalue weighted by atomic mass is 16.2. The molecule has 1 aliphatic carbocycles. The van der Waals surface area contributed by atoms with Crippen LogP contribution in [0.25, 0.3) is 0 Å². The molecule has 0 heterocycles. The average molecular weight is 241 g/mol. The van der Waals surface area contributed by atoms with E-state index in [0.717, 1.165) is 19.3 Å². The molecule has 0 aromatic carbocycles. The molecule has 0 aromatic heterocycles. The van der Waals surface area contributed by atoms with Crippen molar-refractivity contribution in [2.24, 2.45) is 11.7 Å². The zero-order chi connectivity index (χ0) is 12.8. The van der Waals surface area contributed by atoms with Gasteiger partial charge in [-0.05, 0) is 38.6 Å². The Balaban J connectivity index is 2.17. The molecule has 0 aliphatic heterocycles. The van der Waals surface area contributed by atoms with E-state index in [9.17, 15) is 9.59 Å². The van der Waals surface area contributed by atoms with Crippen LogP contribution in [0.1, 0.15) is 39.5 Å². The van der Waals surface area contributed by atoms with E-state index in [1.165, 1.54) is 0 Å². The Hall–Kier alpha value is -1.10. The Kier molecular flexibility index (Phi) is 5.41. The third-order valence-corrected chi connectivity index (χ3v) is 2.96. The zero-order valence-electron chi connectivity index (χ0n) is 10.7. The van der Waals surface area contributed by atoms with E-state index in [4.69, 9.17) is 5.73 Å². The molecular formula is C12H23N3O2. The van der Waals surface area contributed by atoms with E-state index in [1.54, 1.807) is 6.92 Å². The second-order valence-electron chi connectivity index (χ2n) is 4.95. The Labute approximate surface area is 103 Å². The van der Waals surface area contributed by atoms with Crippen LogP contribution in [0, 0.1) is 5.92 Å². The Morgan fingerprint density at radius 1 is 1.35 bits per heavy atom. The largest absolute Gasteiger partial charge is 0.352 e. The van der Waals surface area contributed by atoms with Gasteiger partial charge in [0.1, 0.15) is 6.04 Å². The highest BCUT2D eigenvalue weighted by Crippen LogP contribution is 2.18. The van der Waals surface area contributed by atoms with Gasteiger partial charge in [-0.2, -0.15) is 0 Å². The molecule has 0 saturated heterocycles. The van der Waals surface area contributed by atoms with Crippen molar-refractivity contribution in [1.29, 1.82) is 0 Å². The molecular weight excluding hydrogens is 218 g/mol. The van der Waals surface area contributed by atoms with Gasteiger partial charge in [-0.25, -0.2) is 0 Å². The molecule has 98 valence electrons. The molecule has 2 atom stereocenters. The summed E-state index contributed by atoms with van der Waals surface area (Å²) in [6, 6.07) is -0.115. The zero-order valence-corrected chi connectivity index (χ0v) is 10.7. The summed E-state index contributed by atoms with van der Waals surface area (Å²) in [4.78, 5) is 23.1. The fourth-order valence-electron chi connectivity index (χ4n) is 1.43. The normalized spacial score (nSPS) is 18.3. The monoisotopic (exact) mass is 241 g/mol. The van der Waals surface area contributed by atoms with Crippen LogP contribution < -0.4 is 16.4 Å². The molecule has 2 amide bonds. The van der Waals surface area contributed by atoms with Gasteiger partial charge in [-0.3, -0.25) is 9.59 Å². The van der Waals surface area contributed by atoms with Gasteiger partial charge in [-0.1, -0.05) is 6.92 Å². The van der Waals surface area contributed by atoms with Crippen LogP contribution in [0.3, 0.4) is 0 Å². The highest BCUT2D eigenvalue weighted by molar-refractivity contribution is 5.87. The maximum absolute atomic E-state index is 11.6. The molecule has 0 bridgehead atoms. The SMILES string of the molecule is CC(CN)CCC(=O)NC(C)C(=O)NC1CC1. The Morgan fingerprint density at radius 2 is 2.00 bits per heavy atom. The van der Waals surface area contributed by atoms with Gasteiger partial charge in [0.2, 0.25) is 11.8 Å². The van der Waals surface area contributed by atoms with Crippen LogP contribution in [0.4, 0.5) is 0 Å². The fourth-order valence-corrected chi connectivity index (χ4v) is 1.43. The quantitative estimate of drug-likeness (QED) is 0.593. The van der Waals surface area contributed by atoms with Crippen molar-refractivity contribution in [3.63, 3.8) is 0 Å². The first-order valence-corrected chi connectivity index (χ1v) is 6.32. The maximum Gasteiger partial charge on any atom is 0.242 e. The van der Waals surface area contributed by atoms with Gasteiger partial charge in [-0.15, -0.1) is 0 Å². The van der Waals surface area contributed by atoms with Gasteiger partial charge in [0, 0.05) is 12.5 Å². The molecule has 0 aromatic rings. The summed E-state index contributed by atoms with van der Waals surface area (Å²) in [5.74, 6) is 0.174. The van der Waals surface area contributed by atoms with Gasteiger partial charge < -0.3 is 16.4 Å². The lowest BCUT2D eigenvalue weighted by molar-refractivity contribution is -0.128. The maximum atomic E-state index is 11.6. The van der Waals surface area contributed by atoms with Crippen molar-refractivity contribution >= 4 is 11.8 Å². The van der Waals surface area contributed by atoms with Gasteiger partial charge >= 0.3 is 0 Å². The summed E-state index contributed by atoms with van der Waals surface area (Å²) in [5, 5.41) is 5.56. The first-order valence-electron chi connectivity index (χ1n) is 6.32. The topological polar surface area (TPSA) is 84.2 Å². The van der Waals surface area contributed by atoms with E-state index < -0.39 is 6.04 Å². The summed E-state index contributed by atoms with van der Waals surface area (Å²) in [5.41, 5.74) is 5.47. The number of carbonyl (C=O) groups is 2. The second-order valence-corrected chi connectivity index (χ2v) is 4.95. The number of rotatable bonds is 7. The molecule has 17 heavy (non-hydrogen) atoms. The predicted molar refractivity (Wildman–Crippen MR) is 66.2 cm³/mol. The summed E-state index contributed by atoms with van der Waals surface area (Å²) >= 11 is 0. The van der Waals surface area contributed by atoms with Crippen molar-refractivity contribution in [1.82, 2.24) is 10.6 Å². The molecule has 5 heteroatoms. The van der Waals surface area contributed by atoms with Crippen molar-refractivity contribution in [2.45, 2.75) is 51.6 Å². The van der Waals surface area contributed by atoms with Crippen LogP contribution >= 0.6 is 0 Å². The third-order valence-electron chi connectivity index (χ3n) is 2.96. The van der Waals surface area contributed by atoms with E-state index >= 15 is 0 Å². The van der Waals surface area contributed by atoms with Crippen molar-refractivity contribution in [2.75, 3.05) is 6.54 Å². The second kappa shape index (κ2) is 6.59. The smallest absolute Gasteiger partial charge is 0.242 e. The number of hydrogen-bond donors (Lipinski definition) is 3. The molecule has 0 spiro atoms. The fraction of sp³-hybridized carbons (Fsp3) is 0.833. The lowest BCUT2D eigenvalue weighted by Gasteiger charge is -2.14. The first kappa shape index (κ1) is 14.0. The van der Waals surface area contributed by atoms with Gasteiger partial charge in [0.15, 0.2) is 0 Å². The van der Waals surface area contributed by atoms with Crippen LogP contribution in [0.5, 0.6) is 0 Å². The molecule has 1 aliphatic rings. The van der Waals surface area contributed by atoms with Gasteiger partial charge in [0.25, 0.3) is 0 Å². The molecule has 1 fully saturated rings. The van der Waals surface area contributed by atoms with E-state index in [1.807, 2.05) is 6.92 Å². The number of carbonyl (C=O) groups excluding carboxylic acids is 2. The van der Waals surface area contributed by atoms with Crippen LogP contribution in [-0.4, -0.2) is 30.4 Å². The molecule has 1 saturated carbocycles. The van der Waals surface area contributed by atoms with Gasteiger partial charge in [0.05, 0.1) is 0 Å². The van der Waals surface area contributed by atoms with Crippen LogP contribution in [0.2, 0.25) is 0 Å². The van der Waals surface area contributed by atoms with Crippen molar-refractivity contribution in [3.8, 4) is 0 Å². The lowest BCUT2D eigenvalue weighted by atomic mass is 10.1. The molecule has 1 rings (SSSR count). The molecule has 0 radical (unpaired) electrons. The lowest BCUT2D eigenvalue weighted by Crippen LogP contribution is -2.45. The van der Waals surface area contributed by atoms with Crippen LogP contribution in [-0.2, 0) is 9.59 Å². The summed E-state index contributed by atoms with van der Waals surface area (Å²) in [7, 11) is 0. The average Bonchev–Trinajstić information content (AvgIpc) is 3.09. The Morgan fingerprint density at radius 3 is 2.53 bits per heavy atom. The minimum Gasteiger partial charge on any atom is -0.352 e. The minimum atomic E-state index is -0.448. The molecule has 4 N–H and O–H groups in total. The number of nitrogens with two attached hydrogens (primary N) is 1. The number of nitrogens with one attached hydrogen (secondary N) is 2. The molecule has 2 unspecified atom stereocenters. The molecule has 5 nitrogen and oxygen atoms in total. The summed E-state index contributed by atoms with van der Waals surface area (Å²) in [6.07, 6.45) is 3.31. The van der Waals surface area contributed by atoms with Crippen LogP contribution in [0.15, 0.2) is 0 Å². The van der Waals surface area contributed by atoms with E-state index in [-0.39, 0.29) is 11.8 Å². The highest BCUT2D eigenvalue weighted by Gasteiger charge is 2.26. The first-order chi connectivity index (χ1) is 8.02.